The number of benzene rings is 1. The third-order valence-corrected chi connectivity index (χ3v) is 1.73. The van der Waals surface area contributed by atoms with E-state index in [9.17, 15) is 13.2 Å². The first kappa shape index (κ1) is 12.0. The van der Waals surface area contributed by atoms with E-state index in [1.807, 2.05) is 0 Å². The molecule has 82 valence electrons. The molecule has 0 unspecified atom stereocenters. The maximum absolute atomic E-state index is 12.2. The van der Waals surface area contributed by atoms with Crippen LogP contribution in [-0.2, 0) is 18.8 Å². The number of hydrogen-bond acceptors (Lipinski definition) is 3. The normalized spacial score (nSPS) is 10.9. The first-order valence-corrected chi connectivity index (χ1v) is 4.61. The quantitative estimate of drug-likeness (QED) is 0.479. The first-order valence-electron chi connectivity index (χ1n) is 3.80. The average molecular weight is 251 g/mol. The summed E-state index contributed by atoms with van der Waals surface area (Å²) >= 11 is 9.08. The number of thiocarbonyl (C=S) groups is 1. The zero-order valence-electron chi connectivity index (χ0n) is 7.26. The molecular formula is C8H6F3N2S2-. The van der Waals surface area contributed by atoms with Gasteiger partial charge < -0.3 is 35.7 Å². The van der Waals surface area contributed by atoms with E-state index < -0.39 is 11.7 Å². The van der Waals surface area contributed by atoms with Gasteiger partial charge in [-0.1, -0.05) is 0 Å². The molecule has 1 aromatic rings. The molecule has 0 heterocycles. The van der Waals surface area contributed by atoms with Crippen LogP contribution in [0, 0.1) is 0 Å². The van der Waals surface area contributed by atoms with Gasteiger partial charge in [-0.05, 0) is 28.6 Å². The summed E-state index contributed by atoms with van der Waals surface area (Å²) in [6, 6.07) is 4.50. The lowest BCUT2D eigenvalue weighted by Gasteiger charge is -2.13. The van der Waals surface area contributed by atoms with Gasteiger partial charge in [0.15, 0.2) is 0 Å². The van der Waals surface area contributed by atoms with E-state index in [1.54, 1.807) is 0 Å². The van der Waals surface area contributed by atoms with Gasteiger partial charge >= 0.3 is 6.18 Å². The van der Waals surface area contributed by atoms with E-state index in [1.165, 1.54) is 12.1 Å². The Hall–Kier alpha value is -1.08. The molecular weight excluding hydrogens is 245 g/mol. The van der Waals surface area contributed by atoms with Crippen LogP contribution in [0.1, 0.15) is 5.56 Å². The van der Waals surface area contributed by atoms with Crippen molar-refractivity contribution in [3.05, 3.63) is 29.8 Å². The van der Waals surface area contributed by atoms with Crippen molar-refractivity contribution in [2.75, 3.05) is 5.43 Å². The summed E-state index contributed by atoms with van der Waals surface area (Å²) in [6.07, 6.45) is -4.32. The number of hydrazine groups is 1. The number of rotatable bonds is 2. The van der Waals surface area contributed by atoms with Crippen molar-refractivity contribution >= 4 is 34.9 Å². The molecule has 0 atom stereocenters. The zero-order chi connectivity index (χ0) is 11.5. The molecule has 0 fully saturated rings. The largest absolute Gasteiger partial charge is 0.416 e. The van der Waals surface area contributed by atoms with Crippen molar-refractivity contribution in [3.8, 4) is 0 Å². The Bertz CT molecular complexity index is 348. The second kappa shape index (κ2) is 4.63. The molecule has 0 saturated carbocycles. The van der Waals surface area contributed by atoms with E-state index in [0.717, 1.165) is 12.1 Å². The summed E-state index contributed by atoms with van der Waals surface area (Å²) in [4.78, 5) is 0. The zero-order valence-corrected chi connectivity index (χ0v) is 8.89. The molecule has 15 heavy (non-hydrogen) atoms. The molecule has 2 N–H and O–H groups in total. The second-order valence-electron chi connectivity index (χ2n) is 2.61. The molecule has 1 aromatic carbocycles. The average Bonchev–Trinajstić information content (AvgIpc) is 2.14. The maximum atomic E-state index is 12.2. The summed E-state index contributed by atoms with van der Waals surface area (Å²) < 4.78 is 36.6. The lowest BCUT2D eigenvalue weighted by atomic mass is 10.2. The van der Waals surface area contributed by atoms with Crippen LogP contribution in [0.5, 0.6) is 0 Å². The highest BCUT2D eigenvalue weighted by Crippen LogP contribution is 2.29. The molecule has 0 amide bonds. The Balaban J connectivity index is 2.69. The van der Waals surface area contributed by atoms with Crippen LogP contribution in [0.25, 0.3) is 0 Å². The smallest absolute Gasteiger partial charge is 0.410 e. The van der Waals surface area contributed by atoms with Gasteiger partial charge in [-0.25, -0.2) is 0 Å². The minimum absolute atomic E-state index is 0.0925. The number of alkyl halides is 3. The van der Waals surface area contributed by atoms with Crippen LogP contribution in [0.4, 0.5) is 18.9 Å². The first-order chi connectivity index (χ1) is 6.89. The molecule has 0 aliphatic carbocycles. The predicted molar refractivity (Wildman–Crippen MR) is 58.2 cm³/mol. The Labute approximate surface area is 95.2 Å². The Kier molecular flexibility index (Phi) is 3.70. The molecule has 0 radical (unpaired) electrons. The minimum Gasteiger partial charge on any atom is -0.410 e. The number of hydrogen-bond donors (Lipinski definition) is 2. The number of nitrogens with one attached hydrogen (secondary N) is 2. The van der Waals surface area contributed by atoms with Gasteiger partial charge in [-0.15, -0.1) is 0 Å². The highest BCUT2D eigenvalue weighted by atomic mass is 32.1. The van der Waals surface area contributed by atoms with Gasteiger partial charge in [0.05, 0.1) is 11.3 Å². The van der Waals surface area contributed by atoms with Gasteiger partial charge in [-0.2, -0.15) is 13.2 Å². The standard InChI is InChI=1S/C8H7F3N2S2/c9-8(10,11)5-1-3-6(4-2-5)12-13-7(14)15/h1-4,12H,(H2,13,14,15)/p-1. The minimum atomic E-state index is -4.32. The lowest BCUT2D eigenvalue weighted by Crippen LogP contribution is -2.25. The lowest BCUT2D eigenvalue weighted by molar-refractivity contribution is -0.137. The topological polar surface area (TPSA) is 24.1 Å². The van der Waals surface area contributed by atoms with Crippen LogP contribution in [0.3, 0.4) is 0 Å². The monoisotopic (exact) mass is 251 g/mol. The van der Waals surface area contributed by atoms with Gasteiger partial charge in [0, 0.05) is 0 Å². The molecule has 7 heteroatoms. The third kappa shape index (κ3) is 3.88. The van der Waals surface area contributed by atoms with Gasteiger partial charge in [0.2, 0.25) is 0 Å². The summed E-state index contributed by atoms with van der Waals surface area (Å²) in [6.45, 7) is 0. The molecule has 0 saturated heterocycles. The highest BCUT2D eigenvalue weighted by Gasteiger charge is 2.29. The predicted octanol–water partition coefficient (Wildman–Crippen LogP) is 2.45. The molecule has 0 spiro atoms. The third-order valence-electron chi connectivity index (χ3n) is 1.52. The molecule has 0 aromatic heterocycles. The van der Waals surface area contributed by atoms with Gasteiger partial charge in [-0.3, -0.25) is 0 Å². The van der Waals surface area contributed by atoms with E-state index in [2.05, 4.69) is 35.7 Å². The molecule has 1 rings (SSSR count). The number of anilines is 1. The SMILES string of the molecule is FC(F)(F)c1ccc(NNC(=S)[S-])cc1. The van der Waals surface area contributed by atoms with Crippen molar-refractivity contribution in [1.29, 1.82) is 0 Å². The fourth-order valence-electron chi connectivity index (χ4n) is 0.866. The summed E-state index contributed by atoms with van der Waals surface area (Å²) in [5.41, 5.74) is 4.75. The number of halogens is 3. The van der Waals surface area contributed by atoms with Crippen molar-refractivity contribution < 1.29 is 13.2 Å². The van der Waals surface area contributed by atoms with Crippen LogP contribution < -0.4 is 10.9 Å². The van der Waals surface area contributed by atoms with E-state index in [0.29, 0.717) is 5.69 Å². The summed E-state index contributed by atoms with van der Waals surface area (Å²) in [5, 5.41) is 0. The maximum Gasteiger partial charge on any atom is 0.416 e. The molecule has 2 nitrogen and oxygen atoms in total. The van der Waals surface area contributed by atoms with Crippen molar-refractivity contribution in [1.82, 2.24) is 5.43 Å². The fourth-order valence-corrected chi connectivity index (χ4v) is 0.968. The van der Waals surface area contributed by atoms with Gasteiger partial charge in [0.1, 0.15) is 0 Å². The van der Waals surface area contributed by atoms with Crippen molar-refractivity contribution in [2.45, 2.75) is 6.18 Å². The van der Waals surface area contributed by atoms with Crippen LogP contribution >= 0.6 is 12.2 Å². The highest BCUT2D eigenvalue weighted by molar-refractivity contribution is 8.00. The Morgan fingerprint density at radius 3 is 2.13 bits per heavy atom. The van der Waals surface area contributed by atoms with E-state index >= 15 is 0 Å². The van der Waals surface area contributed by atoms with E-state index in [4.69, 9.17) is 0 Å². The summed E-state index contributed by atoms with van der Waals surface area (Å²) in [5.74, 6) is 0. The second-order valence-corrected chi connectivity index (χ2v) is 3.69. The molecule has 0 aliphatic heterocycles. The fraction of sp³-hybridized carbons (Fsp3) is 0.125. The van der Waals surface area contributed by atoms with Crippen molar-refractivity contribution in [2.24, 2.45) is 0 Å². The Morgan fingerprint density at radius 2 is 1.73 bits per heavy atom. The molecule has 0 aliphatic rings. The summed E-state index contributed by atoms with van der Waals surface area (Å²) in [7, 11) is 0. The van der Waals surface area contributed by atoms with Crippen LogP contribution in [0.15, 0.2) is 24.3 Å². The van der Waals surface area contributed by atoms with E-state index in [-0.39, 0.29) is 4.32 Å². The van der Waals surface area contributed by atoms with Crippen LogP contribution in [-0.4, -0.2) is 4.32 Å². The molecule has 0 bridgehead atoms. The van der Waals surface area contributed by atoms with Gasteiger partial charge in [0.25, 0.3) is 0 Å². The van der Waals surface area contributed by atoms with Crippen LogP contribution in [0.2, 0.25) is 0 Å². The van der Waals surface area contributed by atoms with Crippen molar-refractivity contribution in [3.63, 3.8) is 0 Å². The Morgan fingerprint density at radius 1 is 1.20 bits per heavy atom.